The molecule has 6 nitrogen and oxygen atoms in total. The van der Waals surface area contributed by atoms with Crippen molar-refractivity contribution in [3.8, 4) is 0 Å². The molecular weight excluding hydrogens is 296 g/mol. The highest BCUT2D eigenvalue weighted by molar-refractivity contribution is 7.86. The summed E-state index contributed by atoms with van der Waals surface area (Å²) in [6.45, 7) is 4.74. The molecule has 1 rings (SSSR count). The van der Waals surface area contributed by atoms with Crippen LogP contribution in [-0.4, -0.2) is 55.7 Å². The maximum atomic E-state index is 12.3. The van der Waals surface area contributed by atoms with E-state index in [9.17, 15) is 8.42 Å². The van der Waals surface area contributed by atoms with Gasteiger partial charge in [-0.2, -0.15) is 17.0 Å². The Kier molecular flexibility index (Phi) is 7.60. The SMILES string of the molecule is CCCNCCCN(C)S(=O)(=O)N(C)Cc1cscn1. The molecule has 0 bridgehead atoms. The lowest BCUT2D eigenvalue weighted by molar-refractivity contribution is 0.382. The molecule has 0 fully saturated rings. The molecule has 0 amide bonds. The normalized spacial score (nSPS) is 12.4. The first-order chi connectivity index (χ1) is 9.48. The fraction of sp³-hybridized carbons (Fsp3) is 0.750. The fourth-order valence-electron chi connectivity index (χ4n) is 1.71. The van der Waals surface area contributed by atoms with Crippen LogP contribution in [-0.2, 0) is 16.8 Å². The van der Waals surface area contributed by atoms with E-state index in [-0.39, 0.29) is 0 Å². The lowest BCUT2D eigenvalue weighted by atomic mass is 10.4. The minimum atomic E-state index is -3.40. The summed E-state index contributed by atoms with van der Waals surface area (Å²) in [5.74, 6) is 0. The smallest absolute Gasteiger partial charge is 0.281 e. The second-order valence-corrected chi connectivity index (χ2v) is 7.53. The minimum absolute atomic E-state index is 0.310. The molecule has 0 unspecified atom stereocenters. The van der Waals surface area contributed by atoms with E-state index in [4.69, 9.17) is 0 Å². The highest BCUT2D eigenvalue weighted by Crippen LogP contribution is 2.10. The summed E-state index contributed by atoms with van der Waals surface area (Å²) >= 11 is 1.47. The molecule has 1 aromatic heterocycles. The van der Waals surface area contributed by atoms with Gasteiger partial charge in [-0.1, -0.05) is 6.92 Å². The van der Waals surface area contributed by atoms with Crippen molar-refractivity contribution in [2.75, 3.05) is 33.7 Å². The quantitative estimate of drug-likeness (QED) is 0.657. The second-order valence-electron chi connectivity index (χ2n) is 4.67. The average molecular weight is 320 g/mol. The van der Waals surface area contributed by atoms with Crippen molar-refractivity contribution in [3.05, 3.63) is 16.6 Å². The van der Waals surface area contributed by atoms with E-state index in [0.29, 0.717) is 13.1 Å². The summed E-state index contributed by atoms with van der Waals surface area (Å²) in [5.41, 5.74) is 2.48. The molecule has 1 N–H and O–H groups in total. The predicted octanol–water partition coefficient (Wildman–Crippen LogP) is 1.14. The Morgan fingerprint density at radius 2 is 2.05 bits per heavy atom. The van der Waals surface area contributed by atoms with Gasteiger partial charge in [0.25, 0.3) is 10.2 Å². The van der Waals surface area contributed by atoms with E-state index in [1.165, 1.54) is 19.9 Å². The number of rotatable bonds is 10. The number of nitrogens with zero attached hydrogens (tertiary/aromatic N) is 3. The van der Waals surface area contributed by atoms with Crippen LogP contribution in [0, 0.1) is 0 Å². The van der Waals surface area contributed by atoms with E-state index in [1.807, 2.05) is 5.38 Å². The molecular formula is C12H24N4O2S2. The van der Waals surface area contributed by atoms with Crippen LogP contribution < -0.4 is 5.32 Å². The average Bonchev–Trinajstić information content (AvgIpc) is 2.91. The number of aromatic nitrogens is 1. The van der Waals surface area contributed by atoms with Crippen molar-refractivity contribution >= 4 is 21.5 Å². The van der Waals surface area contributed by atoms with Crippen molar-refractivity contribution in [2.24, 2.45) is 0 Å². The summed E-state index contributed by atoms with van der Waals surface area (Å²) < 4.78 is 27.3. The number of nitrogens with one attached hydrogen (secondary N) is 1. The molecule has 0 aliphatic carbocycles. The fourth-order valence-corrected chi connectivity index (χ4v) is 3.39. The number of hydrogen-bond acceptors (Lipinski definition) is 5. The third-order valence-corrected chi connectivity index (χ3v) is 5.43. The van der Waals surface area contributed by atoms with E-state index >= 15 is 0 Å². The van der Waals surface area contributed by atoms with Crippen LogP contribution in [0.1, 0.15) is 25.5 Å². The first kappa shape index (κ1) is 17.5. The van der Waals surface area contributed by atoms with E-state index in [2.05, 4.69) is 17.2 Å². The van der Waals surface area contributed by atoms with Gasteiger partial charge in [-0.25, -0.2) is 4.98 Å². The molecule has 0 saturated carbocycles. The monoisotopic (exact) mass is 320 g/mol. The zero-order valence-electron chi connectivity index (χ0n) is 12.4. The lowest BCUT2D eigenvalue weighted by Crippen LogP contribution is -2.40. The lowest BCUT2D eigenvalue weighted by Gasteiger charge is -2.23. The second kappa shape index (κ2) is 8.68. The summed E-state index contributed by atoms with van der Waals surface area (Å²) in [6.07, 6.45) is 1.89. The summed E-state index contributed by atoms with van der Waals surface area (Å²) in [4.78, 5) is 4.11. The van der Waals surface area contributed by atoms with Crippen molar-refractivity contribution < 1.29 is 8.42 Å². The van der Waals surface area contributed by atoms with Gasteiger partial charge in [-0.05, 0) is 25.9 Å². The summed E-state index contributed by atoms with van der Waals surface area (Å²) in [6, 6.07) is 0. The van der Waals surface area contributed by atoms with Crippen LogP contribution in [0.5, 0.6) is 0 Å². The van der Waals surface area contributed by atoms with Crippen molar-refractivity contribution in [3.63, 3.8) is 0 Å². The van der Waals surface area contributed by atoms with Crippen molar-refractivity contribution in [2.45, 2.75) is 26.3 Å². The highest BCUT2D eigenvalue weighted by atomic mass is 32.2. The molecule has 1 aromatic rings. The van der Waals surface area contributed by atoms with E-state index in [1.54, 1.807) is 19.6 Å². The summed E-state index contributed by atoms with van der Waals surface area (Å²) in [7, 11) is -0.203. The van der Waals surface area contributed by atoms with Crippen LogP contribution in [0.25, 0.3) is 0 Å². The van der Waals surface area contributed by atoms with Gasteiger partial charge in [0.15, 0.2) is 0 Å². The Bertz CT molecular complexity index is 462. The number of hydrogen-bond donors (Lipinski definition) is 1. The van der Waals surface area contributed by atoms with Gasteiger partial charge in [0.05, 0.1) is 17.7 Å². The van der Waals surface area contributed by atoms with Crippen LogP contribution in [0.3, 0.4) is 0 Å². The Labute approximate surface area is 126 Å². The molecule has 8 heteroatoms. The molecule has 0 atom stereocenters. The Balaban J connectivity index is 2.41. The van der Waals surface area contributed by atoms with E-state index < -0.39 is 10.2 Å². The number of thiazole rings is 1. The standard InChI is InChI=1S/C12H24N4O2S2/c1-4-6-13-7-5-8-15(2)20(17,18)16(3)9-12-10-19-11-14-12/h10-11,13H,4-9H2,1-3H3. The molecule has 20 heavy (non-hydrogen) atoms. The third kappa shape index (κ3) is 5.45. The van der Waals surface area contributed by atoms with Gasteiger partial charge >= 0.3 is 0 Å². The molecule has 0 saturated heterocycles. The first-order valence-corrected chi connectivity index (χ1v) is 9.07. The summed E-state index contributed by atoms with van der Waals surface area (Å²) in [5, 5.41) is 5.13. The largest absolute Gasteiger partial charge is 0.317 e. The van der Waals surface area contributed by atoms with Gasteiger partial charge in [0, 0.05) is 26.0 Å². The molecule has 0 radical (unpaired) electrons. The van der Waals surface area contributed by atoms with Crippen LogP contribution >= 0.6 is 11.3 Å². The van der Waals surface area contributed by atoms with Crippen molar-refractivity contribution in [1.29, 1.82) is 0 Å². The molecule has 0 spiro atoms. The highest BCUT2D eigenvalue weighted by Gasteiger charge is 2.23. The Morgan fingerprint density at radius 3 is 2.65 bits per heavy atom. The molecule has 1 heterocycles. The van der Waals surface area contributed by atoms with Crippen LogP contribution in [0.4, 0.5) is 0 Å². The van der Waals surface area contributed by atoms with E-state index in [0.717, 1.165) is 31.6 Å². The van der Waals surface area contributed by atoms with Crippen LogP contribution in [0.2, 0.25) is 0 Å². The third-order valence-electron chi connectivity index (χ3n) is 2.91. The first-order valence-electron chi connectivity index (χ1n) is 6.74. The van der Waals surface area contributed by atoms with Gasteiger partial charge in [0.1, 0.15) is 0 Å². The molecule has 0 aromatic carbocycles. The van der Waals surface area contributed by atoms with Gasteiger partial charge < -0.3 is 5.32 Å². The maximum Gasteiger partial charge on any atom is 0.281 e. The topological polar surface area (TPSA) is 65.5 Å². The minimum Gasteiger partial charge on any atom is -0.317 e. The van der Waals surface area contributed by atoms with Crippen molar-refractivity contribution in [1.82, 2.24) is 18.9 Å². The predicted molar refractivity (Wildman–Crippen MR) is 82.9 cm³/mol. The van der Waals surface area contributed by atoms with Gasteiger partial charge in [-0.15, -0.1) is 11.3 Å². The van der Waals surface area contributed by atoms with Gasteiger partial charge in [0.2, 0.25) is 0 Å². The Morgan fingerprint density at radius 1 is 1.30 bits per heavy atom. The zero-order valence-corrected chi connectivity index (χ0v) is 14.0. The van der Waals surface area contributed by atoms with Gasteiger partial charge in [-0.3, -0.25) is 0 Å². The molecule has 0 aliphatic heterocycles. The molecule has 0 aliphatic rings. The Hall–Kier alpha value is -0.540. The van der Waals surface area contributed by atoms with Crippen LogP contribution in [0.15, 0.2) is 10.9 Å². The maximum absolute atomic E-state index is 12.3. The zero-order chi connectivity index (χ0) is 15.0. The molecule has 116 valence electrons.